The molecular weight excluding hydrogens is 334 g/mol. The molecule has 2 aromatic rings. The lowest BCUT2D eigenvalue weighted by Crippen LogP contribution is -3.00. The van der Waals surface area contributed by atoms with Crippen LogP contribution in [0.3, 0.4) is 0 Å². The van der Waals surface area contributed by atoms with Gasteiger partial charge in [-0.3, -0.25) is 4.79 Å². The van der Waals surface area contributed by atoms with Crippen molar-refractivity contribution in [3.05, 3.63) is 40.7 Å². The van der Waals surface area contributed by atoms with Gasteiger partial charge in [0.05, 0.1) is 0 Å². The summed E-state index contributed by atoms with van der Waals surface area (Å²) < 4.78 is 0. The second-order valence-electron chi connectivity index (χ2n) is 4.81. The molecular formula is C16H21ClN3O2S-. The highest BCUT2D eigenvalue weighted by Crippen LogP contribution is 2.24. The number of nitrogens with zero attached hydrogens (tertiary/aromatic N) is 2. The maximum atomic E-state index is 12.2. The minimum absolute atomic E-state index is 0. The fraction of sp³-hybridized carbons (Fsp3) is 0.375. The molecule has 23 heavy (non-hydrogen) atoms. The molecule has 0 atom stereocenters. The van der Waals surface area contributed by atoms with E-state index in [1.54, 1.807) is 12.1 Å². The molecule has 5 nitrogen and oxygen atoms in total. The minimum atomic E-state index is -0.316. The van der Waals surface area contributed by atoms with Crippen LogP contribution >= 0.6 is 11.8 Å². The van der Waals surface area contributed by atoms with E-state index < -0.39 is 0 Å². The summed E-state index contributed by atoms with van der Waals surface area (Å²) in [6, 6.07) is 9.06. The SMILES string of the molecule is CCN(CC)CCSc1nc(O)c(-c2ccccc2)c(=O)[nH]1.[Cl-]. The highest BCUT2D eigenvalue weighted by molar-refractivity contribution is 7.99. The van der Waals surface area contributed by atoms with Crippen molar-refractivity contribution in [1.29, 1.82) is 0 Å². The lowest BCUT2D eigenvalue weighted by Gasteiger charge is -2.17. The number of thioether (sulfide) groups is 1. The molecule has 0 aliphatic carbocycles. The van der Waals surface area contributed by atoms with Crippen LogP contribution in [0.2, 0.25) is 0 Å². The third-order valence-corrected chi connectivity index (χ3v) is 4.34. The Morgan fingerprint density at radius 2 is 1.87 bits per heavy atom. The molecule has 0 spiro atoms. The van der Waals surface area contributed by atoms with E-state index in [1.807, 2.05) is 18.2 Å². The van der Waals surface area contributed by atoms with Crippen molar-refractivity contribution < 1.29 is 17.5 Å². The number of hydrogen-bond acceptors (Lipinski definition) is 5. The normalized spacial score (nSPS) is 10.6. The maximum Gasteiger partial charge on any atom is 0.263 e. The first kappa shape index (κ1) is 19.5. The summed E-state index contributed by atoms with van der Waals surface area (Å²) in [6.07, 6.45) is 0. The third kappa shape index (κ3) is 5.27. The second kappa shape index (κ2) is 9.60. The van der Waals surface area contributed by atoms with Gasteiger partial charge >= 0.3 is 0 Å². The van der Waals surface area contributed by atoms with E-state index in [-0.39, 0.29) is 29.4 Å². The summed E-state index contributed by atoms with van der Waals surface area (Å²) >= 11 is 1.44. The molecule has 126 valence electrons. The number of rotatable bonds is 7. The monoisotopic (exact) mass is 354 g/mol. The van der Waals surface area contributed by atoms with Crippen molar-refractivity contribution in [3.63, 3.8) is 0 Å². The van der Waals surface area contributed by atoms with Gasteiger partial charge in [0, 0.05) is 12.3 Å². The van der Waals surface area contributed by atoms with Crippen molar-refractivity contribution in [1.82, 2.24) is 14.9 Å². The summed E-state index contributed by atoms with van der Waals surface area (Å²) in [5.74, 6) is 0.592. The summed E-state index contributed by atoms with van der Waals surface area (Å²) in [6.45, 7) is 7.16. The Balaban J connectivity index is 0.00000264. The number of aromatic amines is 1. The van der Waals surface area contributed by atoms with E-state index in [4.69, 9.17) is 0 Å². The largest absolute Gasteiger partial charge is 1.00 e. The number of aromatic nitrogens is 2. The molecule has 0 amide bonds. The van der Waals surface area contributed by atoms with Gasteiger partial charge in [-0.1, -0.05) is 55.9 Å². The summed E-state index contributed by atoms with van der Waals surface area (Å²) in [7, 11) is 0. The molecule has 0 unspecified atom stereocenters. The van der Waals surface area contributed by atoms with Crippen LogP contribution in [0, 0.1) is 0 Å². The van der Waals surface area contributed by atoms with Gasteiger partial charge in [-0.2, -0.15) is 4.98 Å². The Morgan fingerprint density at radius 3 is 2.43 bits per heavy atom. The van der Waals surface area contributed by atoms with Crippen LogP contribution < -0.4 is 18.0 Å². The van der Waals surface area contributed by atoms with E-state index >= 15 is 0 Å². The van der Waals surface area contributed by atoms with E-state index in [1.165, 1.54) is 11.8 Å². The minimum Gasteiger partial charge on any atom is -1.00 e. The first-order valence-electron chi connectivity index (χ1n) is 7.39. The Morgan fingerprint density at radius 1 is 1.22 bits per heavy atom. The zero-order valence-corrected chi connectivity index (χ0v) is 14.8. The van der Waals surface area contributed by atoms with Gasteiger partial charge in [-0.25, -0.2) is 0 Å². The van der Waals surface area contributed by atoms with Crippen LogP contribution in [0.5, 0.6) is 5.88 Å². The lowest BCUT2D eigenvalue weighted by molar-refractivity contribution is -0.00000587. The van der Waals surface area contributed by atoms with Gasteiger partial charge in [0.1, 0.15) is 5.56 Å². The average Bonchev–Trinajstić information content (AvgIpc) is 2.52. The second-order valence-corrected chi connectivity index (χ2v) is 5.89. The highest BCUT2D eigenvalue weighted by atomic mass is 35.5. The first-order chi connectivity index (χ1) is 10.7. The molecule has 0 saturated heterocycles. The fourth-order valence-corrected chi connectivity index (χ4v) is 3.04. The topological polar surface area (TPSA) is 69.2 Å². The van der Waals surface area contributed by atoms with Crippen molar-refractivity contribution in [3.8, 4) is 17.0 Å². The van der Waals surface area contributed by atoms with E-state index in [2.05, 4.69) is 28.7 Å². The molecule has 0 aliphatic rings. The molecule has 1 heterocycles. The predicted octanol–water partition coefficient (Wildman–Crippen LogP) is -0.420. The number of hydrogen-bond donors (Lipinski definition) is 2. The summed E-state index contributed by atoms with van der Waals surface area (Å²) in [5.41, 5.74) is 0.561. The molecule has 1 aromatic heterocycles. The highest BCUT2D eigenvalue weighted by Gasteiger charge is 2.13. The van der Waals surface area contributed by atoms with Crippen LogP contribution in [-0.2, 0) is 0 Å². The van der Waals surface area contributed by atoms with Gasteiger partial charge in [-0.15, -0.1) is 0 Å². The molecule has 0 aliphatic heterocycles. The van der Waals surface area contributed by atoms with E-state index in [9.17, 15) is 9.90 Å². The zero-order valence-electron chi connectivity index (χ0n) is 13.3. The van der Waals surface area contributed by atoms with Gasteiger partial charge in [0.15, 0.2) is 5.16 Å². The predicted molar refractivity (Wildman–Crippen MR) is 90.5 cm³/mol. The lowest BCUT2D eigenvalue weighted by atomic mass is 10.1. The molecule has 7 heteroatoms. The van der Waals surface area contributed by atoms with Gasteiger partial charge in [-0.05, 0) is 18.7 Å². The standard InChI is InChI=1S/C16H21N3O2S.ClH/c1-3-19(4-2)10-11-22-16-17-14(20)13(15(21)18-16)12-8-6-5-7-9-12;/h5-9H,3-4,10-11H2,1-2H3,(H2,17,18,20,21);1H/p-1. The van der Waals surface area contributed by atoms with Crippen LogP contribution in [0.25, 0.3) is 11.1 Å². The van der Waals surface area contributed by atoms with E-state index in [0.29, 0.717) is 10.7 Å². The number of aromatic hydroxyl groups is 1. The smallest absolute Gasteiger partial charge is 0.263 e. The van der Waals surface area contributed by atoms with Gasteiger partial charge in [0.25, 0.3) is 5.56 Å². The molecule has 2 rings (SSSR count). The Hall–Kier alpha value is -1.50. The first-order valence-corrected chi connectivity index (χ1v) is 8.38. The van der Waals surface area contributed by atoms with Crippen molar-refractivity contribution in [2.45, 2.75) is 19.0 Å². The number of H-pyrrole nitrogens is 1. The molecule has 2 N–H and O–H groups in total. The Labute approximate surface area is 146 Å². The Kier molecular flexibility index (Phi) is 8.16. The zero-order chi connectivity index (χ0) is 15.9. The van der Waals surface area contributed by atoms with E-state index in [0.717, 1.165) is 25.4 Å². The van der Waals surface area contributed by atoms with Crippen LogP contribution in [0.1, 0.15) is 13.8 Å². The van der Waals surface area contributed by atoms with Crippen LogP contribution in [0.4, 0.5) is 0 Å². The number of halogens is 1. The average molecular weight is 355 g/mol. The Bertz CT molecular complexity index is 660. The third-order valence-electron chi connectivity index (χ3n) is 3.48. The summed E-state index contributed by atoms with van der Waals surface area (Å²) in [5, 5.41) is 10.5. The van der Waals surface area contributed by atoms with Crippen molar-refractivity contribution in [2.24, 2.45) is 0 Å². The van der Waals surface area contributed by atoms with Gasteiger partial charge in [0.2, 0.25) is 5.88 Å². The van der Waals surface area contributed by atoms with Crippen molar-refractivity contribution in [2.75, 3.05) is 25.4 Å². The van der Waals surface area contributed by atoms with Gasteiger partial charge < -0.3 is 27.4 Å². The number of nitrogens with one attached hydrogen (secondary N) is 1. The van der Waals surface area contributed by atoms with Crippen LogP contribution in [-0.4, -0.2) is 45.4 Å². The summed E-state index contributed by atoms with van der Waals surface area (Å²) in [4.78, 5) is 21.3. The molecule has 0 saturated carbocycles. The molecule has 1 aromatic carbocycles. The quantitative estimate of drug-likeness (QED) is 0.522. The molecule has 0 bridgehead atoms. The van der Waals surface area contributed by atoms with Crippen LogP contribution in [0.15, 0.2) is 40.3 Å². The fourth-order valence-electron chi connectivity index (χ4n) is 2.19. The van der Waals surface area contributed by atoms with Crippen molar-refractivity contribution >= 4 is 11.8 Å². The molecule has 0 fully saturated rings. The number of benzene rings is 1. The maximum absolute atomic E-state index is 12.2. The molecule has 0 radical (unpaired) electrons.